The molecule has 0 aliphatic rings. The fourth-order valence-electron chi connectivity index (χ4n) is 2.18. The van der Waals surface area contributed by atoms with Crippen molar-refractivity contribution in [2.45, 2.75) is 20.0 Å². The maximum absolute atomic E-state index is 12.5. The van der Waals surface area contributed by atoms with Crippen LogP contribution < -0.4 is 0 Å². The van der Waals surface area contributed by atoms with Crippen LogP contribution in [0.4, 0.5) is 5.69 Å². The van der Waals surface area contributed by atoms with Crippen molar-refractivity contribution in [1.82, 2.24) is 4.98 Å². The van der Waals surface area contributed by atoms with Gasteiger partial charge in [-0.1, -0.05) is 24.3 Å². The topological polar surface area (TPSA) is 99.4 Å². The van der Waals surface area contributed by atoms with Crippen molar-refractivity contribution in [3.05, 3.63) is 58.3 Å². The van der Waals surface area contributed by atoms with E-state index < -0.39 is 22.8 Å². The molecule has 23 heavy (non-hydrogen) atoms. The number of rotatable bonds is 5. The van der Waals surface area contributed by atoms with Crippen LogP contribution >= 0.6 is 0 Å². The van der Waals surface area contributed by atoms with Crippen LogP contribution in [0.3, 0.4) is 0 Å². The van der Waals surface area contributed by atoms with E-state index in [1.165, 1.54) is 38.2 Å². The first-order chi connectivity index (χ1) is 10.9. The van der Waals surface area contributed by atoms with Crippen molar-refractivity contribution in [3.63, 3.8) is 0 Å². The molecule has 118 valence electrons. The van der Waals surface area contributed by atoms with Gasteiger partial charge in [-0.3, -0.25) is 19.7 Å². The van der Waals surface area contributed by atoms with E-state index in [1.807, 2.05) is 0 Å². The number of esters is 1. The Balaban J connectivity index is 2.53. The van der Waals surface area contributed by atoms with Crippen LogP contribution in [0, 0.1) is 10.1 Å². The van der Waals surface area contributed by atoms with Crippen LogP contribution in [-0.4, -0.2) is 27.8 Å². The molecular formula is C16H14N2O5. The minimum atomic E-state index is -0.989. The summed E-state index contributed by atoms with van der Waals surface area (Å²) in [7, 11) is 0. The SMILES string of the molecule is CC(=O)OC(C)C(=O)c1ccccc1-c1ncccc1[N+](=O)[O-]. The molecule has 0 N–H and O–H groups in total. The number of nitro groups is 1. The first-order valence-corrected chi connectivity index (χ1v) is 6.82. The molecule has 7 heteroatoms. The molecule has 0 aliphatic heterocycles. The van der Waals surface area contributed by atoms with Crippen molar-refractivity contribution in [1.29, 1.82) is 0 Å². The Morgan fingerprint density at radius 1 is 1.22 bits per heavy atom. The van der Waals surface area contributed by atoms with Crippen molar-refractivity contribution in [2.24, 2.45) is 0 Å². The number of ether oxygens (including phenoxy) is 1. The molecule has 1 aromatic heterocycles. The second-order valence-electron chi connectivity index (χ2n) is 4.79. The third-order valence-electron chi connectivity index (χ3n) is 3.14. The molecule has 0 saturated carbocycles. The number of nitrogens with zero attached hydrogens (tertiary/aromatic N) is 2. The van der Waals surface area contributed by atoms with E-state index in [0.717, 1.165) is 0 Å². The van der Waals surface area contributed by atoms with Crippen molar-refractivity contribution < 1.29 is 19.2 Å². The second-order valence-corrected chi connectivity index (χ2v) is 4.79. The summed E-state index contributed by atoms with van der Waals surface area (Å²) in [4.78, 5) is 38.1. The number of aromatic nitrogens is 1. The molecule has 0 aliphatic carbocycles. The Kier molecular flexibility index (Phi) is 4.80. The molecule has 1 aromatic carbocycles. The predicted octanol–water partition coefficient (Wildman–Crippen LogP) is 2.79. The number of carbonyl (C=O) groups excluding carboxylic acids is 2. The zero-order chi connectivity index (χ0) is 17.0. The highest BCUT2D eigenvalue weighted by molar-refractivity contribution is 6.05. The summed E-state index contributed by atoms with van der Waals surface area (Å²) in [6.45, 7) is 2.66. The van der Waals surface area contributed by atoms with Gasteiger partial charge in [-0.25, -0.2) is 4.98 Å². The summed E-state index contributed by atoms with van der Waals surface area (Å²) >= 11 is 0. The summed E-state index contributed by atoms with van der Waals surface area (Å²) in [5.41, 5.74) is 0.427. The van der Waals surface area contributed by atoms with Gasteiger partial charge >= 0.3 is 5.97 Å². The van der Waals surface area contributed by atoms with E-state index in [0.29, 0.717) is 5.56 Å². The Morgan fingerprint density at radius 2 is 1.91 bits per heavy atom. The summed E-state index contributed by atoms with van der Waals surface area (Å²) in [6, 6.07) is 9.15. The largest absolute Gasteiger partial charge is 0.454 e. The summed E-state index contributed by atoms with van der Waals surface area (Å²) in [6.07, 6.45) is 0.426. The third-order valence-corrected chi connectivity index (χ3v) is 3.14. The van der Waals surface area contributed by atoms with Gasteiger partial charge in [-0.05, 0) is 13.0 Å². The fraction of sp³-hybridized carbons (Fsp3) is 0.188. The van der Waals surface area contributed by atoms with E-state index >= 15 is 0 Å². The molecular weight excluding hydrogens is 300 g/mol. The van der Waals surface area contributed by atoms with Crippen molar-refractivity contribution >= 4 is 17.4 Å². The number of ketones is 1. The Bertz CT molecular complexity index is 773. The third kappa shape index (κ3) is 3.57. The lowest BCUT2D eigenvalue weighted by atomic mass is 9.97. The van der Waals surface area contributed by atoms with E-state index in [4.69, 9.17) is 4.74 Å². The van der Waals surface area contributed by atoms with Crippen LogP contribution in [-0.2, 0) is 9.53 Å². The first kappa shape index (κ1) is 16.3. The molecule has 1 atom stereocenters. The fourth-order valence-corrected chi connectivity index (χ4v) is 2.18. The molecule has 1 unspecified atom stereocenters. The first-order valence-electron chi connectivity index (χ1n) is 6.82. The van der Waals surface area contributed by atoms with Gasteiger partial charge in [-0.15, -0.1) is 0 Å². The Hall–Kier alpha value is -3.09. The Morgan fingerprint density at radius 3 is 2.57 bits per heavy atom. The minimum absolute atomic E-state index is 0.0940. The van der Waals surface area contributed by atoms with Gasteiger partial charge in [0.15, 0.2) is 6.10 Å². The van der Waals surface area contributed by atoms with Gasteiger partial charge < -0.3 is 4.74 Å². The highest BCUT2D eigenvalue weighted by Gasteiger charge is 2.25. The normalized spacial score (nSPS) is 11.6. The van der Waals surface area contributed by atoms with Crippen LogP contribution in [0.1, 0.15) is 24.2 Å². The molecule has 0 spiro atoms. The predicted molar refractivity (Wildman–Crippen MR) is 81.9 cm³/mol. The lowest BCUT2D eigenvalue weighted by Gasteiger charge is -2.13. The average Bonchev–Trinajstić information content (AvgIpc) is 2.53. The van der Waals surface area contributed by atoms with Crippen LogP contribution in [0.15, 0.2) is 42.6 Å². The minimum Gasteiger partial charge on any atom is -0.454 e. The van der Waals surface area contributed by atoms with E-state index in [9.17, 15) is 19.7 Å². The van der Waals surface area contributed by atoms with Crippen LogP contribution in [0.5, 0.6) is 0 Å². The average molecular weight is 314 g/mol. The van der Waals surface area contributed by atoms with Gasteiger partial charge in [-0.2, -0.15) is 0 Å². The zero-order valence-electron chi connectivity index (χ0n) is 12.6. The molecule has 0 fully saturated rings. The number of Topliss-reactive ketones (excluding diaryl/α,β-unsaturated/α-hetero) is 1. The molecule has 1 heterocycles. The maximum Gasteiger partial charge on any atom is 0.303 e. The highest BCUT2D eigenvalue weighted by atomic mass is 16.6. The molecule has 0 radical (unpaired) electrons. The van der Waals surface area contributed by atoms with Gasteiger partial charge in [0.25, 0.3) is 5.69 Å². The second kappa shape index (κ2) is 6.78. The molecule has 2 aromatic rings. The lowest BCUT2D eigenvalue weighted by Crippen LogP contribution is -2.23. The van der Waals surface area contributed by atoms with E-state index in [1.54, 1.807) is 18.2 Å². The van der Waals surface area contributed by atoms with Gasteiger partial charge in [0.2, 0.25) is 5.78 Å². The monoisotopic (exact) mass is 314 g/mol. The molecule has 0 saturated heterocycles. The summed E-state index contributed by atoms with van der Waals surface area (Å²) in [5.74, 6) is -1.03. The van der Waals surface area contributed by atoms with Gasteiger partial charge in [0, 0.05) is 30.3 Å². The number of benzene rings is 1. The lowest BCUT2D eigenvalue weighted by molar-refractivity contribution is -0.384. The van der Waals surface area contributed by atoms with Crippen molar-refractivity contribution in [2.75, 3.05) is 0 Å². The molecule has 0 bridgehead atoms. The van der Waals surface area contributed by atoms with Gasteiger partial charge in [0.1, 0.15) is 5.69 Å². The molecule has 7 nitrogen and oxygen atoms in total. The summed E-state index contributed by atoms with van der Waals surface area (Å²) < 4.78 is 4.89. The zero-order valence-corrected chi connectivity index (χ0v) is 12.6. The van der Waals surface area contributed by atoms with Gasteiger partial charge in [0.05, 0.1) is 4.92 Å². The quantitative estimate of drug-likeness (QED) is 0.364. The van der Waals surface area contributed by atoms with E-state index in [-0.39, 0.29) is 16.9 Å². The van der Waals surface area contributed by atoms with E-state index in [2.05, 4.69) is 4.98 Å². The van der Waals surface area contributed by atoms with Crippen LogP contribution in [0.25, 0.3) is 11.3 Å². The highest BCUT2D eigenvalue weighted by Crippen LogP contribution is 2.30. The number of hydrogen-bond donors (Lipinski definition) is 0. The van der Waals surface area contributed by atoms with Crippen LogP contribution in [0.2, 0.25) is 0 Å². The standard InChI is InChI=1S/C16H14N2O5/c1-10(23-11(2)19)16(20)13-7-4-3-6-12(13)15-14(18(21)22)8-5-9-17-15/h3-10H,1-2H3. The smallest absolute Gasteiger partial charge is 0.303 e. The number of hydrogen-bond acceptors (Lipinski definition) is 6. The van der Waals surface area contributed by atoms with Crippen molar-refractivity contribution in [3.8, 4) is 11.3 Å². The molecule has 0 amide bonds. The summed E-state index contributed by atoms with van der Waals surface area (Å²) in [5, 5.41) is 11.2. The Labute approximate surface area is 132 Å². The number of carbonyl (C=O) groups is 2. The molecule has 2 rings (SSSR count). The number of pyridine rings is 1. The maximum atomic E-state index is 12.5.